The van der Waals surface area contributed by atoms with E-state index in [1.807, 2.05) is 19.1 Å². The van der Waals surface area contributed by atoms with Crippen LogP contribution in [0.15, 0.2) is 30.6 Å². The molecule has 1 aromatic carbocycles. The number of ether oxygens (including phenoxy) is 1. The Morgan fingerprint density at radius 3 is 3.05 bits per heavy atom. The lowest BCUT2D eigenvalue weighted by atomic mass is 10.2. The third kappa shape index (κ3) is 2.77. The van der Waals surface area contributed by atoms with Crippen LogP contribution in [0.25, 0.3) is 11.2 Å². The molecule has 0 saturated heterocycles. The topological polar surface area (TPSA) is 96.0 Å². The molecule has 0 aliphatic rings. The Kier molecular flexibility index (Phi) is 3.65. The Labute approximate surface area is 121 Å². The van der Waals surface area contributed by atoms with E-state index in [0.29, 0.717) is 35.3 Å². The number of benzene rings is 1. The largest absolute Gasteiger partial charge is 0.437 e. The minimum atomic E-state index is -0.0386. The number of fused-ring (bicyclic) bond motifs is 1. The first-order chi connectivity index (χ1) is 10.3. The lowest BCUT2D eigenvalue weighted by Gasteiger charge is -2.08. The molecule has 0 atom stereocenters. The average Bonchev–Trinajstić information content (AvgIpc) is 2.96. The highest BCUT2D eigenvalue weighted by atomic mass is 16.5. The van der Waals surface area contributed by atoms with Crippen molar-refractivity contribution in [2.45, 2.75) is 13.5 Å². The number of H-pyrrole nitrogens is 1. The Hall–Kier alpha value is -2.67. The summed E-state index contributed by atoms with van der Waals surface area (Å²) in [6.07, 6.45) is 1.55. The van der Waals surface area contributed by atoms with Gasteiger partial charge >= 0.3 is 0 Å². The lowest BCUT2D eigenvalue weighted by Crippen LogP contribution is -2.03. The van der Waals surface area contributed by atoms with Crippen LogP contribution in [-0.2, 0) is 6.61 Å². The summed E-state index contributed by atoms with van der Waals surface area (Å²) in [4.78, 5) is 15.7. The van der Waals surface area contributed by atoms with Gasteiger partial charge in [-0.15, -0.1) is 0 Å². The van der Waals surface area contributed by atoms with Crippen LogP contribution in [0.2, 0.25) is 0 Å². The van der Waals surface area contributed by atoms with Gasteiger partial charge in [0.05, 0.1) is 12.9 Å². The molecule has 0 aliphatic heterocycles. The maximum Gasteiger partial charge on any atom is 0.250 e. The molecule has 0 saturated carbocycles. The van der Waals surface area contributed by atoms with Crippen molar-refractivity contribution in [1.82, 2.24) is 19.9 Å². The van der Waals surface area contributed by atoms with E-state index in [4.69, 9.17) is 4.74 Å². The molecule has 0 unspecified atom stereocenters. The molecule has 2 aromatic heterocycles. The van der Waals surface area contributed by atoms with E-state index in [1.165, 1.54) is 0 Å². The van der Waals surface area contributed by atoms with Crippen LogP contribution >= 0.6 is 0 Å². The number of nitrogens with one attached hydrogen (secondary N) is 2. The van der Waals surface area contributed by atoms with Crippen LogP contribution in [0.3, 0.4) is 0 Å². The first-order valence-corrected chi connectivity index (χ1v) is 6.62. The van der Waals surface area contributed by atoms with Gasteiger partial charge in [0, 0.05) is 6.54 Å². The highest BCUT2D eigenvalue weighted by Crippen LogP contribution is 2.27. The Balaban J connectivity index is 1.99. The fourth-order valence-electron chi connectivity index (χ4n) is 1.94. The highest BCUT2D eigenvalue weighted by molar-refractivity contribution is 5.77. The standard InChI is InChI=1S/C14H15N5O2/c1-2-15-14-18-12-11(16-8-17-12)13(19-14)21-10-5-3-4-9(6-10)7-20/h3-6,8,20H,2,7H2,1H3,(H2,15,16,17,18,19). The number of aliphatic hydroxyl groups is 1. The van der Waals surface area contributed by atoms with Gasteiger partial charge in [-0.2, -0.15) is 9.97 Å². The zero-order chi connectivity index (χ0) is 14.7. The number of aromatic amines is 1. The maximum absolute atomic E-state index is 9.17. The SMILES string of the molecule is CCNc1nc(Oc2cccc(CO)c2)c2[nH]cnc2n1. The fourth-order valence-corrected chi connectivity index (χ4v) is 1.94. The third-order valence-corrected chi connectivity index (χ3v) is 2.88. The van der Waals surface area contributed by atoms with Gasteiger partial charge < -0.3 is 20.1 Å². The molecule has 2 heterocycles. The Bertz CT molecular complexity index is 756. The number of anilines is 1. The number of nitrogens with zero attached hydrogens (tertiary/aromatic N) is 3. The minimum Gasteiger partial charge on any atom is -0.437 e. The summed E-state index contributed by atoms with van der Waals surface area (Å²) < 4.78 is 5.81. The Morgan fingerprint density at radius 2 is 2.24 bits per heavy atom. The van der Waals surface area contributed by atoms with E-state index >= 15 is 0 Å². The molecule has 7 heteroatoms. The zero-order valence-electron chi connectivity index (χ0n) is 11.5. The number of hydrogen-bond donors (Lipinski definition) is 3. The summed E-state index contributed by atoms with van der Waals surface area (Å²) in [6, 6.07) is 7.20. The van der Waals surface area contributed by atoms with Crippen LogP contribution in [0.1, 0.15) is 12.5 Å². The molecule has 3 rings (SSSR count). The molecular weight excluding hydrogens is 270 g/mol. The van der Waals surface area contributed by atoms with E-state index in [1.54, 1.807) is 18.5 Å². The van der Waals surface area contributed by atoms with E-state index < -0.39 is 0 Å². The summed E-state index contributed by atoms with van der Waals surface area (Å²) in [5, 5.41) is 12.2. The van der Waals surface area contributed by atoms with Crippen molar-refractivity contribution < 1.29 is 9.84 Å². The highest BCUT2D eigenvalue weighted by Gasteiger charge is 2.12. The van der Waals surface area contributed by atoms with Crippen molar-refractivity contribution >= 4 is 17.1 Å². The molecule has 108 valence electrons. The number of aliphatic hydroxyl groups excluding tert-OH is 1. The van der Waals surface area contributed by atoms with Gasteiger partial charge in [0.25, 0.3) is 5.88 Å². The monoisotopic (exact) mass is 285 g/mol. The number of rotatable bonds is 5. The van der Waals surface area contributed by atoms with E-state index in [2.05, 4.69) is 25.3 Å². The summed E-state index contributed by atoms with van der Waals surface area (Å²) in [5.41, 5.74) is 1.94. The summed E-state index contributed by atoms with van der Waals surface area (Å²) in [5.74, 6) is 1.45. The molecule has 0 amide bonds. The quantitative estimate of drug-likeness (QED) is 0.664. The first kappa shape index (κ1) is 13.3. The van der Waals surface area contributed by atoms with Gasteiger partial charge in [-0.1, -0.05) is 12.1 Å². The van der Waals surface area contributed by atoms with Gasteiger partial charge in [-0.05, 0) is 24.6 Å². The predicted octanol–water partition coefficient (Wildman–Crippen LogP) is 2.07. The van der Waals surface area contributed by atoms with Gasteiger partial charge in [0.15, 0.2) is 5.65 Å². The summed E-state index contributed by atoms with van der Waals surface area (Å²) in [7, 11) is 0. The van der Waals surface area contributed by atoms with Crippen molar-refractivity contribution in [3.63, 3.8) is 0 Å². The smallest absolute Gasteiger partial charge is 0.250 e. The minimum absolute atomic E-state index is 0.0386. The molecule has 0 aliphatic carbocycles. The fraction of sp³-hybridized carbons (Fsp3) is 0.214. The van der Waals surface area contributed by atoms with Crippen LogP contribution in [0.4, 0.5) is 5.95 Å². The van der Waals surface area contributed by atoms with Crippen molar-refractivity contribution in [2.75, 3.05) is 11.9 Å². The molecule has 3 aromatic rings. The van der Waals surface area contributed by atoms with Gasteiger partial charge in [0.2, 0.25) is 5.95 Å². The second kappa shape index (κ2) is 5.76. The second-order valence-electron chi connectivity index (χ2n) is 4.39. The average molecular weight is 285 g/mol. The molecular formula is C14H15N5O2. The number of imidazole rings is 1. The molecule has 0 radical (unpaired) electrons. The van der Waals surface area contributed by atoms with E-state index in [-0.39, 0.29) is 6.61 Å². The second-order valence-corrected chi connectivity index (χ2v) is 4.39. The molecule has 21 heavy (non-hydrogen) atoms. The van der Waals surface area contributed by atoms with Crippen molar-refractivity contribution in [3.05, 3.63) is 36.2 Å². The third-order valence-electron chi connectivity index (χ3n) is 2.88. The molecule has 3 N–H and O–H groups in total. The summed E-state index contributed by atoms with van der Waals surface area (Å²) in [6.45, 7) is 2.63. The number of hydrogen-bond acceptors (Lipinski definition) is 6. The van der Waals surface area contributed by atoms with E-state index in [9.17, 15) is 5.11 Å². The zero-order valence-corrected chi connectivity index (χ0v) is 11.5. The van der Waals surface area contributed by atoms with E-state index in [0.717, 1.165) is 5.56 Å². The van der Waals surface area contributed by atoms with Gasteiger partial charge in [-0.25, -0.2) is 4.98 Å². The first-order valence-electron chi connectivity index (χ1n) is 6.62. The molecule has 0 fully saturated rings. The molecule has 0 bridgehead atoms. The normalized spacial score (nSPS) is 10.8. The van der Waals surface area contributed by atoms with Gasteiger partial charge in [-0.3, -0.25) is 0 Å². The maximum atomic E-state index is 9.17. The van der Waals surface area contributed by atoms with Crippen molar-refractivity contribution in [2.24, 2.45) is 0 Å². The van der Waals surface area contributed by atoms with Crippen LogP contribution in [0.5, 0.6) is 11.6 Å². The lowest BCUT2D eigenvalue weighted by molar-refractivity contribution is 0.281. The number of aromatic nitrogens is 4. The van der Waals surface area contributed by atoms with Gasteiger partial charge in [0.1, 0.15) is 11.3 Å². The predicted molar refractivity (Wildman–Crippen MR) is 78.3 cm³/mol. The Morgan fingerprint density at radius 1 is 1.33 bits per heavy atom. The summed E-state index contributed by atoms with van der Waals surface area (Å²) >= 11 is 0. The van der Waals surface area contributed by atoms with Crippen molar-refractivity contribution in [1.29, 1.82) is 0 Å². The van der Waals surface area contributed by atoms with Crippen molar-refractivity contribution in [3.8, 4) is 11.6 Å². The molecule has 7 nitrogen and oxygen atoms in total. The van der Waals surface area contributed by atoms with Crippen LogP contribution in [0, 0.1) is 0 Å². The van der Waals surface area contributed by atoms with Crippen LogP contribution < -0.4 is 10.1 Å². The molecule has 0 spiro atoms. The van der Waals surface area contributed by atoms with Crippen LogP contribution in [-0.4, -0.2) is 31.6 Å².